The van der Waals surface area contributed by atoms with Gasteiger partial charge in [-0.05, 0) is 0 Å². The van der Waals surface area contributed by atoms with Crippen LogP contribution in [0.5, 0.6) is 0 Å². The molecule has 16 heavy (non-hydrogen) atoms. The van der Waals surface area contributed by atoms with Crippen LogP contribution in [0.1, 0.15) is 11.5 Å². The Balaban J connectivity index is 2.40. The number of rotatable bonds is 3. The summed E-state index contributed by atoms with van der Waals surface area (Å²) in [6, 6.07) is 1.78. The van der Waals surface area contributed by atoms with E-state index >= 15 is 0 Å². The quantitative estimate of drug-likeness (QED) is 0.733. The number of methoxy groups -OCH3 is 1. The first-order valence-electron chi connectivity index (χ1n) is 4.83. The Morgan fingerprint density at radius 1 is 1.69 bits per heavy atom. The van der Waals surface area contributed by atoms with E-state index in [0.29, 0.717) is 5.56 Å². The van der Waals surface area contributed by atoms with Crippen molar-refractivity contribution in [3.63, 3.8) is 0 Å². The zero-order valence-corrected chi connectivity index (χ0v) is 8.83. The van der Waals surface area contributed by atoms with E-state index in [-0.39, 0.29) is 12.5 Å². The average molecular weight is 220 g/mol. The van der Waals surface area contributed by atoms with E-state index in [1.807, 2.05) is 0 Å². The molecule has 2 N–H and O–H groups in total. The number of ether oxygens (including phenoxy) is 1. The van der Waals surface area contributed by atoms with Crippen molar-refractivity contribution in [1.29, 1.82) is 0 Å². The van der Waals surface area contributed by atoms with Crippen LogP contribution in [-0.4, -0.2) is 34.2 Å². The molecule has 0 aliphatic rings. The molecule has 0 spiro atoms. The lowest BCUT2D eigenvalue weighted by Gasteiger charge is -2.11. The second-order valence-electron chi connectivity index (χ2n) is 3.33. The van der Waals surface area contributed by atoms with Gasteiger partial charge in [-0.3, -0.25) is 4.79 Å². The maximum absolute atomic E-state index is 11.5. The fraction of sp³-hybridized carbons (Fsp3) is 0.300. The van der Waals surface area contributed by atoms with Gasteiger partial charge in [0.2, 0.25) is 0 Å². The van der Waals surface area contributed by atoms with Crippen molar-refractivity contribution in [2.24, 2.45) is 5.73 Å². The van der Waals surface area contributed by atoms with E-state index in [4.69, 9.17) is 5.73 Å². The fourth-order valence-corrected chi connectivity index (χ4v) is 1.51. The van der Waals surface area contributed by atoms with E-state index in [1.54, 1.807) is 29.2 Å². The van der Waals surface area contributed by atoms with Crippen LogP contribution >= 0.6 is 0 Å². The van der Waals surface area contributed by atoms with Crippen LogP contribution < -0.4 is 5.73 Å². The minimum absolute atomic E-state index is 0.182. The Labute approximate surface area is 92.0 Å². The summed E-state index contributed by atoms with van der Waals surface area (Å²) in [5.74, 6) is -0.859. The van der Waals surface area contributed by atoms with Crippen LogP contribution in [0.2, 0.25) is 0 Å². The van der Waals surface area contributed by atoms with Crippen molar-refractivity contribution in [1.82, 2.24) is 14.6 Å². The second-order valence-corrected chi connectivity index (χ2v) is 3.33. The van der Waals surface area contributed by atoms with Crippen molar-refractivity contribution in [3.8, 4) is 0 Å². The Morgan fingerprint density at radius 3 is 3.19 bits per heavy atom. The molecular formula is C10H12N4O2. The summed E-state index contributed by atoms with van der Waals surface area (Å²) in [5.41, 5.74) is 6.97. The van der Waals surface area contributed by atoms with E-state index < -0.39 is 5.92 Å². The monoisotopic (exact) mass is 220 g/mol. The molecule has 0 saturated carbocycles. The predicted molar refractivity (Wildman–Crippen MR) is 56.8 cm³/mol. The average Bonchev–Trinajstić information content (AvgIpc) is 2.77. The number of esters is 1. The Kier molecular flexibility index (Phi) is 2.82. The molecular weight excluding hydrogens is 208 g/mol. The Morgan fingerprint density at radius 2 is 2.50 bits per heavy atom. The van der Waals surface area contributed by atoms with Gasteiger partial charge in [-0.2, -0.15) is 5.10 Å². The minimum Gasteiger partial charge on any atom is -0.469 e. The zero-order chi connectivity index (χ0) is 11.5. The molecule has 0 saturated heterocycles. The highest BCUT2D eigenvalue weighted by molar-refractivity contribution is 5.78. The predicted octanol–water partition coefficient (Wildman–Crippen LogP) is -0.0554. The van der Waals surface area contributed by atoms with Gasteiger partial charge >= 0.3 is 5.97 Å². The van der Waals surface area contributed by atoms with Gasteiger partial charge < -0.3 is 10.5 Å². The van der Waals surface area contributed by atoms with Crippen molar-refractivity contribution in [2.45, 2.75) is 5.92 Å². The first kappa shape index (κ1) is 10.6. The molecule has 2 heterocycles. The van der Waals surface area contributed by atoms with E-state index in [0.717, 1.165) is 5.65 Å². The van der Waals surface area contributed by atoms with Gasteiger partial charge in [0.25, 0.3) is 0 Å². The number of nitrogens with two attached hydrogens (primary N) is 1. The molecule has 0 radical (unpaired) electrons. The largest absolute Gasteiger partial charge is 0.469 e. The molecule has 0 amide bonds. The summed E-state index contributed by atoms with van der Waals surface area (Å²) >= 11 is 0. The zero-order valence-electron chi connectivity index (χ0n) is 8.83. The molecule has 0 aliphatic heterocycles. The first-order chi connectivity index (χ1) is 7.76. The van der Waals surface area contributed by atoms with Crippen LogP contribution in [0.4, 0.5) is 0 Å². The van der Waals surface area contributed by atoms with Crippen molar-refractivity contribution >= 4 is 11.6 Å². The summed E-state index contributed by atoms with van der Waals surface area (Å²) in [7, 11) is 1.34. The number of fused-ring (bicyclic) bond motifs is 1. The molecule has 0 aliphatic carbocycles. The third-order valence-electron chi connectivity index (χ3n) is 2.39. The molecule has 0 aromatic carbocycles. The van der Waals surface area contributed by atoms with Gasteiger partial charge in [0.05, 0.1) is 19.2 Å². The van der Waals surface area contributed by atoms with Crippen LogP contribution in [0.25, 0.3) is 5.65 Å². The van der Waals surface area contributed by atoms with Crippen molar-refractivity contribution in [3.05, 3.63) is 30.2 Å². The maximum atomic E-state index is 11.5. The highest BCUT2D eigenvalue weighted by Gasteiger charge is 2.20. The SMILES string of the molecule is COC(=O)C(CN)c1cnc2ccnn2c1. The maximum Gasteiger partial charge on any atom is 0.314 e. The van der Waals surface area contributed by atoms with Gasteiger partial charge in [-0.1, -0.05) is 0 Å². The van der Waals surface area contributed by atoms with E-state index in [2.05, 4.69) is 14.8 Å². The molecule has 6 heteroatoms. The number of hydrogen-bond donors (Lipinski definition) is 1. The smallest absolute Gasteiger partial charge is 0.314 e. The molecule has 2 aromatic heterocycles. The summed E-state index contributed by atoms with van der Waals surface area (Å²) in [6.45, 7) is 0.182. The Hall–Kier alpha value is -1.95. The van der Waals surface area contributed by atoms with Crippen LogP contribution in [0.3, 0.4) is 0 Å². The molecule has 2 rings (SSSR count). The lowest BCUT2D eigenvalue weighted by atomic mass is 10.0. The molecule has 0 bridgehead atoms. The van der Waals surface area contributed by atoms with Gasteiger partial charge in [0, 0.05) is 30.6 Å². The molecule has 84 valence electrons. The fourth-order valence-electron chi connectivity index (χ4n) is 1.51. The van der Waals surface area contributed by atoms with Crippen LogP contribution in [0, 0.1) is 0 Å². The molecule has 0 fully saturated rings. The topological polar surface area (TPSA) is 82.5 Å². The number of carbonyl (C=O) groups is 1. The standard InChI is InChI=1S/C10H12N4O2/c1-16-10(15)8(4-11)7-5-12-9-2-3-13-14(9)6-7/h2-3,5-6,8H,4,11H2,1H3. The van der Waals surface area contributed by atoms with E-state index in [1.165, 1.54) is 7.11 Å². The van der Waals surface area contributed by atoms with Gasteiger partial charge in [0.1, 0.15) is 0 Å². The summed E-state index contributed by atoms with van der Waals surface area (Å²) in [6.07, 6.45) is 4.99. The van der Waals surface area contributed by atoms with E-state index in [9.17, 15) is 4.79 Å². The summed E-state index contributed by atoms with van der Waals surface area (Å²) < 4.78 is 6.27. The van der Waals surface area contributed by atoms with Crippen LogP contribution in [-0.2, 0) is 9.53 Å². The third-order valence-corrected chi connectivity index (χ3v) is 2.39. The first-order valence-corrected chi connectivity index (χ1v) is 4.83. The van der Waals surface area contributed by atoms with Crippen molar-refractivity contribution < 1.29 is 9.53 Å². The molecule has 6 nitrogen and oxygen atoms in total. The number of nitrogens with zero attached hydrogens (tertiary/aromatic N) is 3. The second kappa shape index (κ2) is 4.28. The van der Waals surface area contributed by atoms with Gasteiger partial charge in [-0.15, -0.1) is 0 Å². The minimum atomic E-state index is -0.494. The van der Waals surface area contributed by atoms with Gasteiger partial charge in [-0.25, -0.2) is 9.50 Å². The normalized spacial score (nSPS) is 12.6. The van der Waals surface area contributed by atoms with Gasteiger partial charge in [0.15, 0.2) is 5.65 Å². The third kappa shape index (κ3) is 1.74. The number of hydrogen-bond acceptors (Lipinski definition) is 5. The van der Waals surface area contributed by atoms with Crippen molar-refractivity contribution in [2.75, 3.05) is 13.7 Å². The highest BCUT2D eigenvalue weighted by Crippen LogP contribution is 2.15. The molecule has 1 unspecified atom stereocenters. The summed E-state index contributed by atoms with van der Waals surface area (Å²) in [5, 5.41) is 4.04. The van der Waals surface area contributed by atoms with Crippen LogP contribution in [0.15, 0.2) is 24.7 Å². The molecule has 1 atom stereocenters. The lowest BCUT2D eigenvalue weighted by Crippen LogP contribution is -2.23. The summed E-state index contributed by atoms with van der Waals surface area (Å²) in [4.78, 5) is 15.6. The number of carbonyl (C=O) groups excluding carboxylic acids is 1. The Bertz CT molecular complexity index is 508. The molecule has 2 aromatic rings. The number of aromatic nitrogens is 3. The lowest BCUT2D eigenvalue weighted by molar-refractivity contribution is -0.142. The highest BCUT2D eigenvalue weighted by atomic mass is 16.5.